The lowest BCUT2D eigenvalue weighted by molar-refractivity contribution is 0.343. The minimum Gasteiger partial charge on any atom is -0.463 e. The van der Waals surface area contributed by atoms with Gasteiger partial charge in [-0.15, -0.1) is 0 Å². The van der Waals surface area contributed by atoms with E-state index in [1.165, 1.54) is 5.69 Å². The van der Waals surface area contributed by atoms with Crippen molar-refractivity contribution in [3.05, 3.63) is 11.4 Å². The summed E-state index contributed by atoms with van der Waals surface area (Å²) in [6.45, 7) is 3.75. The normalized spacial score (nSPS) is 22.6. The van der Waals surface area contributed by atoms with Crippen LogP contribution in [0.1, 0.15) is 24.2 Å². The van der Waals surface area contributed by atoms with Crippen molar-refractivity contribution in [1.82, 2.24) is 9.55 Å². The van der Waals surface area contributed by atoms with Gasteiger partial charge in [0.1, 0.15) is 6.61 Å². The van der Waals surface area contributed by atoms with Crippen LogP contribution in [0.15, 0.2) is 0 Å². The van der Waals surface area contributed by atoms with Gasteiger partial charge in [0, 0.05) is 5.69 Å². The fourth-order valence-corrected chi connectivity index (χ4v) is 1.95. The van der Waals surface area contributed by atoms with E-state index < -0.39 is 0 Å². The summed E-state index contributed by atoms with van der Waals surface area (Å²) in [4.78, 5) is 4.44. The first-order valence-corrected chi connectivity index (χ1v) is 4.70. The van der Waals surface area contributed by atoms with Crippen LogP contribution in [0.4, 0.5) is 0 Å². The summed E-state index contributed by atoms with van der Waals surface area (Å²) >= 11 is 0. The van der Waals surface area contributed by atoms with Gasteiger partial charge in [0.25, 0.3) is 6.01 Å². The van der Waals surface area contributed by atoms with Crippen molar-refractivity contribution in [2.45, 2.75) is 31.8 Å². The van der Waals surface area contributed by atoms with E-state index >= 15 is 0 Å². The third-order valence-corrected chi connectivity index (χ3v) is 2.99. The van der Waals surface area contributed by atoms with Gasteiger partial charge in [0.05, 0.1) is 17.8 Å². The highest BCUT2D eigenvalue weighted by atomic mass is 16.5. The van der Waals surface area contributed by atoms with Gasteiger partial charge in [-0.3, -0.25) is 4.57 Å². The average Bonchev–Trinajstić information content (AvgIpc) is 2.62. The number of rotatable bonds is 1. The SMILES string of the molecule is Cc1c(C2(N)CC2)nc2n1CCO2. The Bertz CT molecular complexity index is 365. The Morgan fingerprint density at radius 2 is 2.31 bits per heavy atom. The highest BCUT2D eigenvalue weighted by molar-refractivity contribution is 5.31. The van der Waals surface area contributed by atoms with Gasteiger partial charge in [0.15, 0.2) is 0 Å². The Labute approximate surface area is 76.7 Å². The second kappa shape index (κ2) is 2.07. The molecule has 1 aliphatic heterocycles. The topological polar surface area (TPSA) is 53.1 Å². The summed E-state index contributed by atoms with van der Waals surface area (Å²) in [6, 6.07) is 0.754. The monoisotopic (exact) mass is 179 g/mol. The van der Waals surface area contributed by atoms with E-state index in [0.717, 1.165) is 37.7 Å². The van der Waals surface area contributed by atoms with Crippen LogP contribution in [-0.2, 0) is 12.1 Å². The quantitative estimate of drug-likeness (QED) is 0.684. The Balaban J connectivity index is 2.12. The third-order valence-electron chi connectivity index (χ3n) is 2.99. The van der Waals surface area contributed by atoms with Crippen LogP contribution in [0.2, 0.25) is 0 Å². The molecule has 0 spiro atoms. The molecule has 2 N–H and O–H groups in total. The minimum atomic E-state index is -0.134. The summed E-state index contributed by atoms with van der Waals surface area (Å²) in [5.74, 6) is 0. The summed E-state index contributed by atoms with van der Waals surface area (Å²) < 4.78 is 7.49. The first-order chi connectivity index (χ1) is 6.21. The molecule has 1 aromatic rings. The fraction of sp³-hybridized carbons (Fsp3) is 0.667. The zero-order chi connectivity index (χ0) is 9.05. The minimum absolute atomic E-state index is 0.134. The molecule has 3 rings (SSSR count). The molecule has 0 atom stereocenters. The van der Waals surface area contributed by atoms with Crippen molar-refractivity contribution in [2.24, 2.45) is 5.73 Å². The number of nitrogens with two attached hydrogens (primary N) is 1. The van der Waals surface area contributed by atoms with Crippen molar-refractivity contribution in [2.75, 3.05) is 6.61 Å². The fourth-order valence-electron chi connectivity index (χ4n) is 1.95. The first-order valence-electron chi connectivity index (χ1n) is 4.70. The zero-order valence-corrected chi connectivity index (χ0v) is 7.71. The smallest absolute Gasteiger partial charge is 0.296 e. The third kappa shape index (κ3) is 0.864. The van der Waals surface area contributed by atoms with Crippen molar-refractivity contribution >= 4 is 0 Å². The van der Waals surface area contributed by atoms with Crippen LogP contribution < -0.4 is 10.5 Å². The predicted molar refractivity (Wildman–Crippen MR) is 47.6 cm³/mol. The van der Waals surface area contributed by atoms with Crippen molar-refractivity contribution in [3.63, 3.8) is 0 Å². The molecular formula is C9H13N3O. The molecule has 2 heterocycles. The highest BCUT2D eigenvalue weighted by Crippen LogP contribution is 2.44. The summed E-state index contributed by atoms with van der Waals surface area (Å²) in [5.41, 5.74) is 8.20. The van der Waals surface area contributed by atoms with Gasteiger partial charge in [-0.1, -0.05) is 0 Å². The van der Waals surface area contributed by atoms with Crippen LogP contribution in [0.3, 0.4) is 0 Å². The zero-order valence-electron chi connectivity index (χ0n) is 7.71. The lowest BCUT2D eigenvalue weighted by Crippen LogP contribution is -2.21. The van der Waals surface area contributed by atoms with E-state index in [2.05, 4.69) is 16.5 Å². The van der Waals surface area contributed by atoms with Gasteiger partial charge < -0.3 is 10.5 Å². The number of fused-ring (bicyclic) bond motifs is 1. The number of aromatic nitrogens is 2. The van der Waals surface area contributed by atoms with E-state index in [4.69, 9.17) is 10.5 Å². The van der Waals surface area contributed by atoms with Crippen LogP contribution in [-0.4, -0.2) is 16.2 Å². The average molecular weight is 179 g/mol. The van der Waals surface area contributed by atoms with Crippen LogP contribution in [0, 0.1) is 6.92 Å². The maximum Gasteiger partial charge on any atom is 0.296 e. The molecule has 4 nitrogen and oxygen atoms in total. The molecule has 2 aliphatic rings. The Hall–Kier alpha value is -1.03. The van der Waals surface area contributed by atoms with Gasteiger partial charge in [-0.05, 0) is 19.8 Å². The second-order valence-corrected chi connectivity index (χ2v) is 3.98. The molecule has 4 heteroatoms. The van der Waals surface area contributed by atoms with Gasteiger partial charge >= 0.3 is 0 Å². The van der Waals surface area contributed by atoms with Crippen LogP contribution >= 0.6 is 0 Å². The van der Waals surface area contributed by atoms with E-state index in [1.807, 2.05) is 0 Å². The Kier molecular flexibility index (Phi) is 1.17. The summed E-state index contributed by atoms with van der Waals surface area (Å²) in [7, 11) is 0. The first kappa shape index (κ1) is 7.38. The van der Waals surface area contributed by atoms with E-state index in [-0.39, 0.29) is 5.54 Å². The molecule has 1 aliphatic carbocycles. The predicted octanol–water partition coefficient (Wildman–Crippen LogP) is 0.532. The summed E-state index contributed by atoms with van der Waals surface area (Å²) in [6.07, 6.45) is 2.12. The lowest BCUT2D eigenvalue weighted by Gasteiger charge is -2.06. The number of imidazole rings is 1. The van der Waals surface area contributed by atoms with E-state index in [9.17, 15) is 0 Å². The molecule has 70 valence electrons. The van der Waals surface area contributed by atoms with Crippen molar-refractivity contribution < 1.29 is 4.74 Å². The largest absolute Gasteiger partial charge is 0.463 e. The van der Waals surface area contributed by atoms with Gasteiger partial charge in [0.2, 0.25) is 0 Å². The second-order valence-electron chi connectivity index (χ2n) is 3.98. The Morgan fingerprint density at radius 3 is 2.92 bits per heavy atom. The molecule has 0 unspecified atom stereocenters. The lowest BCUT2D eigenvalue weighted by atomic mass is 10.1. The maximum atomic E-state index is 6.10. The molecular weight excluding hydrogens is 166 g/mol. The standard InChI is InChI=1S/C9H13N3O/c1-6-7(9(10)2-3-9)11-8-12(6)4-5-13-8/h2-5,10H2,1H3. The van der Waals surface area contributed by atoms with Crippen molar-refractivity contribution in [1.29, 1.82) is 0 Å². The number of hydrogen-bond donors (Lipinski definition) is 1. The molecule has 0 saturated heterocycles. The molecule has 0 bridgehead atoms. The highest BCUT2D eigenvalue weighted by Gasteiger charge is 2.44. The number of hydrogen-bond acceptors (Lipinski definition) is 3. The molecule has 0 aromatic carbocycles. The molecule has 1 aromatic heterocycles. The Morgan fingerprint density at radius 1 is 1.54 bits per heavy atom. The molecule has 0 radical (unpaired) electrons. The van der Waals surface area contributed by atoms with Gasteiger partial charge in [-0.2, -0.15) is 4.98 Å². The van der Waals surface area contributed by atoms with Crippen molar-refractivity contribution in [3.8, 4) is 6.01 Å². The number of ether oxygens (including phenoxy) is 1. The van der Waals surface area contributed by atoms with E-state index in [1.54, 1.807) is 0 Å². The number of nitrogens with zero attached hydrogens (tertiary/aromatic N) is 2. The molecule has 13 heavy (non-hydrogen) atoms. The van der Waals surface area contributed by atoms with E-state index in [0.29, 0.717) is 0 Å². The molecule has 1 saturated carbocycles. The van der Waals surface area contributed by atoms with Crippen LogP contribution in [0.5, 0.6) is 6.01 Å². The van der Waals surface area contributed by atoms with Gasteiger partial charge in [-0.25, -0.2) is 0 Å². The molecule has 1 fully saturated rings. The van der Waals surface area contributed by atoms with Crippen LogP contribution in [0.25, 0.3) is 0 Å². The summed E-state index contributed by atoms with van der Waals surface area (Å²) in [5, 5.41) is 0. The molecule has 0 amide bonds. The maximum absolute atomic E-state index is 6.10.